The van der Waals surface area contributed by atoms with Crippen molar-refractivity contribution in [3.05, 3.63) is 53.6 Å². The molecule has 3 unspecified atom stereocenters. The molecule has 2 aliphatic rings. The molecule has 4 rings (SSSR count). The van der Waals surface area contributed by atoms with Crippen molar-refractivity contribution in [2.45, 2.75) is 44.1 Å². The molecule has 2 amide bonds. The highest BCUT2D eigenvalue weighted by Crippen LogP contribution is 2.39. The fourth-order valence-electron chi connectivity index (χ4n) is 5.18. The zero-order valence-electron chi connectivity index (χ0n) is 21.9. The van der Waals surface area contributed by atoms with Crippen LogP contribution in [0, 0.1) is 0 Å². The molecule has 2 aromatic carbocycles. The number of carbonyl (C=O) groups excluding carboxylic acids is 3. The number of ether oxygens (including phenoxy) is 4. The average Bonchev–Trinajstić information content (AvgIpc) is 2.96. The maximum Gasteiger partial charge on any atom is 0.295 e. The van der Waals surface area contributed by atoms with Crippen molar-refractivity contribution in [3.63, 3.8) is 0 Å². The molecule has 2 fully saturated rings. The van der Waals surface area contributed by atoms with E-state index in [1.54, 1.807) is 4.90 Å². The summed E-state index contributed by atoms with van der Waals surface area (Å²) in [6.07, 6.45) is 1.35. The van der Waals surface area contributed by atoms with Gasteiger partial charge in [0.1, 0.15) is 6.04 Å². The minimum atomic E-state index is -0.748. The molecule has 0 saturated carbocycles. The molecule has 2 saturated heterocycles. The second-order valence-corrected chi connectivity index (χ2v) is 9.40. The number of carbonyl (C=O) groups is 3. The van der Waals surface area contributed by atoms with Gasteiger partial charge in [-0.1, -0.05) is 30.3 Å². The molecule has 2 heterocycles. The molecular weight excluding hydrogens is 492 g/mol. The summed E-state index contributed by atoms with van der Waals surface area (Å²) in [5.74, 6) is -0.895. The maximum atomic E-state index is 13.5. The Morgan fingerprint density at radius 1 is 1.03 bits per heavy atom. The van der Waals surface area contributed by atoms with Gasteiger partial charge < -0.3 is 33.9 Å². The van der Waals surface area contributed by atoms with Gasteiger partial charge in [0.05, 0.1) is 46.7 Å². The molecule has 0 spiro atoms. The number of benzene rings is 2. The first-order chi connectivity index (χ1) is 18.4. The number of nitrogens with zero attached hydrogens (tertiary/aromatic N) is 2. The molecule has 2 aromatic rings. The van der Waals surface area contributed by atoms with Crippen molar-refractivity contribution in [3.8, 4) is 17.2 Å². The SMILES string of the molecule is COc1cc(C(=O)C(=O)N2C3CCCC2C(=O)N(CC(CO)OCc2ccccc2)C3)cc(OC)c1OC. The minimum Gasteiger partial charge on any atom is -0.493 e. The number of rotatable bonds is 11. The second-order valence-electron chi connectivity index (χ2n) is 9.40. The van der Waals surface area contributed by atoms with Gasteiger partial charge >= 0.3 is 0 Å². The van der Waals surface area contributed by atoms with Gasteiger partial charge in [-0.25, -0.2) is 0 Å². The van der Waals surface area contributed by atoms with Gasteiger partial charge in [-0.3, -0.25) is 14.4 Å². The molecule has 10 nitrogen and oxygen atoms in total. The van der Waals surface area contributed by atoms with E-state index in [-0.39, 0.29) is 48.7 Å². The van der Waals surface area contributed by atoms with Crippen LogP contribution < -0.4 is 14.2 Å². The molecule has 0 aliphatic carbocycles. The third-order valence-corrected chi connectivity index (χ3v) is 7.08. The van der Waals surface area contributed by atoms with Crippen LogP contribution >= 0.6 is 0 Å². The first-order valence-electron chi connectivity index (χ1n) is 12.6. The van der Waals surface area contributed by atoms with E-state index in [0.717, 1.165) is 12.0 Å². The number of likely N-dealkylation sites (tertiary alicyclic amines) is 1. The predicted octanol–water partition coefficient (Wildman–Crippen LogP) is 2.06. The largest absolute Gasteiger partial charge is 0.493 e. The Hall–Kier alpha value is -3.63. The highest BCUT2D eigenvalue weighted by Gasteiger charge is 2.47. The monoisotopic (exact) mass is 526 g/mol. The smallest absolute Gasteiger partial charge is 0.295 e. The molecule has 1 N–H and O–H groups in total. The molecule has 0 radical (unpaired) electrons. The van der Waals surface area contributed by atoms with Crippen LogP contribution in [0.3, 0.4) is 0 Å². The number of hydrogen-bond acceptors (Lipinski definition) is 8. The summed E-state index contributed by atoms with van der Waals surface area (Å²) in [7, 11) is 4.31. The van der Waals surface area contributed by atoms with Crippen LogP contribution in [0.2, 0.25) is 0 Å². The van der Waals surface area contributed by atoms with E-state index in [1.807, 2.05) is 30.3 Å². The van der Waals surface area contributed by atoms with Crippen LogP contribution in [0.15, 0.2) is 42.5 Å². The zero-order valence-corrected chi connectivity index (χ0v) is 21.9. The van der Waals surface area contributed by atoms with Crippen LogP contribution in [0.25, 0.3) is 0 Å². The average molecular weight is 527 g/mol. The number of Topliss-reactive ketones (excluding diaryl/α,β-unsaturated/α-hetero) is 1. The Morgan fingerprint density at radius 3 is 2.32 bits per heavy atom. The number of amides is 2. The van der Waals surface area contributed by atoms with Gasteiger partial charge in [0, 0.05) is 18.7 Å². The number of methoxy groups -OCH3 is 3. The van der Waals surface area contributed by atoms with Crippen LogP contribution in [0.4, 0.5) is 0 Å². The summed E-state index contributed by atoms with van der Waals surface area (Å²) in [4.78, 5) is 43.3. The molecule has 0 aromatic heterocycles. The summed E-state index contributed by atoms with van der Waals surface area (Å²) in [6.45, 7) is 0.551. The quantitative estimate of drug-likeness (QED) is 0.350. The number of fused-ring (bicyclic) bond motifs is 2. The highest BCUT2D eigenvalue weighted by molar-refractivity contribution is 6.43. The lowest BCUT2D eigenvalue weighted by Gasteiger charge is -2.49. The summed E-state index contributed by atoms with van der Waals surface area (Å²) in [5.41, 5.74) is 1.06. The summed E-state index contributed by atoms with van der Waals surface area (Å²) in [6, 6.07) is 11.4. The lowest BCUT2D eigenvalue weighted by molar-refractivity contribution is -0.159. The van der Waals surface area contributed by atoms with Crippen LogP contribution in [0.1, 0.15) is 35.2 Å². The first kappa shape index (κ1) is 27.4. The van der Waals surface area contributed by atoms with E-state index in [4.69, 9.17) is 18.9 Å². The van der Waals surface area contributed by atoms with Crippen molar-refractivity contribution >= 4 is 17.6 Å². The van der Waals surface area contributed by atoms with Crippen LogP contribution in [-0.2, 0) is 20.9 Å². The molecule has 10 heteroatoms. The summed E-state index contributed by atoms with van der Waals surface area (Å²) in [5, 5.41) is 9.88. The van der Waals surface area contributed by atoms with E-state index < -0.39 is 23.8 Å². The number of hydrogen-bond donors (Lipinski definition) is 1. The standard InChI is InChI=1S/C28H34N2O8/c1-35-23-12-19(13-24(36-2)26(23)37-3)25(32)28(34)30-20-10-7-11-22(30)27(33)29(14-20)15-21(16-31)38-17-18-8-5-4-6-9-18/h4-6,8-9,12-13,20-22,31H,7,10-11,14-17H2,1-3H3. The number of aliphatic hydroxyl groups excluding tert-OH is 1. The van der Waals surface area contributed by atoms with Gasteiger partial charge in [-0.2, -0.15) is 0 Å². The Bertz CT molecular complexity index is 1130. The van der Waals surface area contributed by atoms with Gasteiger partial charge in [0.2, 0.25) is 11.7 Å². The third-order valence-electron chi connectivity index (χ3n) is 7.08. The first-order valence-corrected chi connectivity index (χ1v) is 12.6. The predicted molar refractivity (Wildman–Crippen MR) is 137 cm³/mol. The molecule has 2 bridgehead atoms. The number of piperidine rings is 1. The fraction of sp³-hybridized carbons (Fsp3) is 0.464. The number of ketones is 1. The van der Waals surface area contributed by atoms with Gasteiger partial charge in [-0.05, 0) is 37.0 Å². The van der Waals surface area contributed by atoms with Crippen LogP contribution in [-0.4, -0.2) is 91.7 Å². The molecule has 2 aliphatic heterocycles. The molecular formula is C28H34N2O8. The Kier molecular flexibility index (Phi) is 8.85. The Labute approximate surface area is 222 Å². The number of aliphatic hydroxyl groups is 1. The van der Waals surface area contributed by atoms with E-state index in [1.165, 1.54) is 38.4 Å². The lowest BCUT2D eigenvalue weighted by Crippen LogP contribution is -2.67. The molecule has 38 heavy (non-hydrogen) atoms. The Morgan fingerprint density at radius 2 is 1.71 bits per heavy atom. The summed E-state index contributed by atoms with van der Waals surface area (Å²) < 4.78 is 21.8. The molecule has 204 valence electrons. The van der Waals surface area contributed by atoms with E-state index in [0.29, 0.717) is 25.2 Å². The van der Waals surface area contributed by atoms with Crippen molar-refractivity contribution < 1.29 is 38.4 Å². The van der Waals surface area contributed by atoms with E-state index >= 15 is 0 Å². The van der Waals surface area contributed by atoms with Gasteiger partial charge in [-0.15, -0.1) is 0 Å². The van der Waals surface area contributed by atoms with Gasteiger partial charge in [0.15, 0.2) is 11.5 Å². The van der Waals surface area contributed by atoms with Gasteiger partial charge in [0.25, 0.3) is 11.7 Å². The third kappa shape index (κ3) is 5.61. The lowest BCUT2D eigenvalue weighted by atomic mass is 9.89. The maximum absolute atomic E-state index is 13.5. The highest BCUT2D eigenvalue weighted by atomic mass is 16.5. The van der Waals surface area contributed by atoms with E-state index in [9.17, 15) is 19.5 Å². The van der Waals surface area contributed by atoms with Crippen LogP contribution in [0.5, 0.6) is 17.2 Å². The van der Waals surface area contributed by atoms with Crippen molar-refractivity contribution in [2.24, 2.45) is 0 Å². The summed E-state index contributed by atoms with van der Waals surface area (Å²) >= 11 is 0. The Balaban J connectivity index is 1.48. The van der Waals surface area contributed by atoms with Crippen molar-refractivity contribution in [2.75, 3.05) is 41.0 Å². The zero-order chi connectivity index (χ0) is 27.2. The normalized spacial score (nSPS) is 19.6. The van der Waals surface area contributed by atoms with Crippen molar-refractivity contribution in [1.29, 1.82) is 0 Å². The minimum absolute atomic E-state index is 0.0899. The van der Waals surface area contributed by atoms with Crippen molar-refractivity contribution in [1.82, 2.24) is 9.80 Å². The topological polar surface area (TPSA) is 115 Å². The molecule has 3 atom stereocenters. The second kappa shape index (κ2) is 12.3. The van der Waals surface area contributed by atoms with E-state index in [2.05, 4.69) is 0 Å². The number of piperazine rings is 1. The fourth-order valence-corrected chi connectivity index (χ4v) is 5.18.